The highest BCUT2D eigenvalue weighted by Crippen LogP contribution is 2.23. The second-order valence-electron chi connectivity index (χ2n) is 6.42. The Bertz CT molecular complexity index is 1200. The van der Waals surface area contributed by atoms with Crippen LogP contribution >= 0.6 is 11.8 Å². The predicted molar refractivity (Wildman–Crippen MR) is 104 cm³/mol. The number of aryl methyl sites for hydroxylation is 3. The lowest BCUT2D eigenvalue weighted by atomic mass is 10.1. The van der Waals surface area contributed by atoms with Crippen LogP contribution in [0.3, 0.4) is 0 Å². The molecule has 0 N–H and O–H groups in total. The van der Waals surface area contributed by atoms with Gasteiger partial charge in [0.1, 0.15) is 5.65 Å². The molecule has 0 bridgehead atoms. The van der Waals surface area contributed by atoms with Gasteiger partial charge < -0.3 is 0 Å². The summed E-state index contributed by atoms with van der Waals surface area (Å²) in [6.07, 6.45) is 1.73. The minimum atomic E-state index is -0.0896. The summed E-state index contributed by atoms with van der Waals surface area (Å²) in [5.41, 5.74) is 5.48. The molecule has 4 rings (SSSR count). The number of tetrazole rings is 1. The SMILES string of the molecule is Cc1ccc(-n2nnnc2SCc2cc(=O)n3cccc(C)c3n2)c(C)c1. The fourth-order valence-corrected chi connectivity index (χ4v) is 3.76. The van der Waals surface area contributed by atoms with Gasteiger partial charge in [0.25, 0.3) is 5.56 Å². The number of hydrogen-bond donors (Lipinski definition) is 0. The standard InChI is InChI=1S/C19H18N6OS/c1-12-6-7-16(14(3)9-12)25-19(21-22-23-25)27-11-15-10-17(26)24-8-4-5-13(2)18(24)20-15/h4-10H,11H2,1-3H3. The van der Waals surface area contributed by atoms with Gasteiger partial charge in [-0.1, -0.05) is 35.5 Å². The summed E-state index contributed by atoms with van der Waals surface area (Å²) in [4.78, 5) is 17.0. The molecule has 0 aliphatic rings. The van der Waals surface area contributed by atoms with Gasteiger partial charge in [0.05, 0.1) is 11.4 Å². The van der Waals surface area contributed by atoms with Crippen LogP contribution in [0.15, 0.2) is 52.5 Å². The van der Waals surface area contributed by atoms with Crippen LogP contribution in [0, 0.1) is 20.8 Å². The fraction of sp³-hybridized carbons (Fsp3) is 0.211. The maximum atomic E-state index is 12.3. The average Bonchev–Trinajstić information content (AvgIpc) is 3.09. The Morgan fingerprint density at radius 3 is 2.74 bits per heavy atom. The van der Waals surface area contributed by atoms with Crippen LogP contribution in [-0.4, -0.2) is 29.6 Å². The zero-order valence-electron chi connectivity index (χ0n) is 15.2. The minimum absolute atomic E-state index is 0.0896. The van der Waals surface area contributed by atoms with Gasteiger partial charge in [0.2, 0.25) is 5.16 Å². The zero-order chi connectivity index (χ0) is 19.0. The van der Waals surface area contributed by atoms with Crippen molar-refractivity contribution in [2.24, 2.45) is 0 Å². The van der Waals surface area contributed by atoms with Gasteiger partial charge in [-0.3, -0.25) is 9.20 Å². The van der Waals surface area contributed by atoms with Crippen LogP contribution in [0.1, 0.15) is 22.4 Å². The first kappa shape index (κ1) is 17.4. The molecule has 136 valence electrons. The Balaban J connectivity index is 1.64. The first-order valence-electron chi connectivity index (χ1n) is 8.49. The van der Waals surface area contributed by atoms with Crippen LogP contribution in [0.5, 0.6) is 0 Å². The molecular weight excluding hydrogens is 360 g/mol. The summed E-state index contributed by atoms with van der Waals surface area (Å²) in [7, 11) is 0. The maximum absolute atomic E-state index is 12.3. The Kier molecular flexibility index (Phi) is 4.49. The Hall–Kier alpha value is -3.00. The maximum Gasteiger partial charge on any atom is 0.258 e. The molecule has 1 aromatic carbocycles. The molecule has 27 heavy (non-hydrogen) atoms. The normalized spacial score (nSPS) is 11.2. The molecule has 0 atom stereocenters. The van der Waals surface area contributed by atoms with Gasteiger partial charge in [-0.2, -0.15) is 4.68 Å². The molecule has 4 aromatic rings. The molecule has 8 heteroatoms. The molecule has 0 spiro atoms. The Morgan fingerprint density at radius 2 is 1.93 bits per heavy atom. The topological polar surface area (TPSA) is 78.0 Å². The Morgan fingerprint density at radius 1 is 1.07 bits per heavy atom. The van der Waals surface area contributed by atoms with Gasteiger partial charge >= 0.3 is 0 Å². The number of fused-ring (bicyclic) bond motifs is 1. The van der Waals surface area contributed by atoms with Crippen LogP contribution in [-0.2, 0) is 5.75 Å². The summed E-state index contributed by atoms with van der Waals surface area (Å²) in [6, 6.07) is 11.5. The van der Waals surface area contributed by atoms with E-state index in [0.29, 0.717) is 22.3 Å². The van der Waals surface area contributed by atoms with Gasteiger partial charge in [0.15, 0.2) is 0 Å². The van der Waals surface area contributed by atoms with E-state index in [1.807, 2.05) is 38.1 Å². The van der Waals surface area contributed by atoms with Crippen LogP contribution < -0.4 is 5.56 Å². The van der Waals surface area contributed by atoms with E-state index in [-0.39, 0.29) is 5.56 Å². The number of hydrogen-bond acceptors (Lipinski definition) is 6. The van der Waals surface area contributed by atoms with Gasteiger partial charge in [-0.15, -0.1) is 5.10 Å². The lowest BCUT2D eigenvalue weighted by molar-refractivity contribution is 0.751. The first-order chi connectivity index (χ1) is 13.0. The summed E-state index contributed by atoms with van der Waals surface area (Å²) in [6.45, 7) is 6.03. The lowest BCUT2D eigenvalue weighted by Gasteiger charge is -2.09. The number of pyridine rings is 1. The van der Waals surface area contributed by atoms with Crippen molar-refractivity contribution >= 4 is 17.4 Å². The van der Waals surface area contributed by atoms with E-state index in [9.17, 15) is 4.79 Å². The second-order valence-corrected chi connectivity index (χ2v) is 7.36. The first-order valence-corrected chi connectivity index (χ1v) is 9.48. The summed E-state index contributed by atoms with van der Waals surface area (Å²) in [5.74, 6) is 0.505. The highest BCUT2D eigenvalue weighted by molar-refractivity contribution is 7.98. The van der Waals surface area contributed by atoms with E-state index in [1.54, 1.807) is 21.3 Å². The molecule has 0 saturated carbocycles. The Labute approximate surface area is 160 Å². The quantitative estimate of drug-likeness (QED) is 0.508. The fourth-order valence-electron chi connectivity index (χ4n) is 2.98. The highest BCUT2D eigenvalue weighted by atomic mass is 32.2. The van der Waals surface area contributed by atoms with Crippen molar-refractivity contribution in [2.75, 3.05) is 0 Å². The van der Waals surface area contributed by atoms with Crippen LogP contribution in [0.2, 0.25) is 0 Å². The molecule has 0 amide bonds. The molecule has 0 aliphatic carbocycles. The molecular formula is C19H18N6OS. The van der Waals surface area contributed by atoms with Crippen molar-refractivity contribution in [3.05, 3.63) is 75.3 Å². The number of aromatic nitrogens is 6. The van der Waals surface area contributed by atoms with Crippen molar-refractivity contribution in [1.82, 2.24) is 29.6 Å². The molecule has 3 aromatic heterocycles. The smallest absolute Gasteiger partial charge is 0.258 e. The molecule has 7 nitrogen and oxygen atoms in total. The van der Waals surface area contributed by atoms with E-state index in [1.165, 1.54) is 17.3 Å². The predicted octanol–water partition coefficient (Wildman–Crippen LogP) is 2.89. The largest absolute Gasteiger partial charge is 0.269 e. The van der Waals surface area contributed by atoms with E-state index >= 15 is 0 Å². The van der Waals surface area contributed by atoms with Gasteiger partial charge in [-0.05, 0) is 54.5 Å². The third kappa shape index (κ3) is 3.35. The second kappa shape index (κ2) is 6.96. The monoisotopic (exact) mass is 378 g/mol. The van der Waals surface area contributed by atoms with E-state index in [4.69, 9.17) is 0 Å². The third-order valence-corrected chi connectivity index (χ3v) is 5.26. The van der Waals surface area contributed by atoms with Crippen LogP contribution in [0.25, 0.3) is 11.3 Å². The van der Waals surface area contributed by atoms with Crippen molar-refractivity contribution < 1.29 is 0 Å². The van der Waals surface area contributed by atoms with Crippen molar-refractivity contribution in [2.45, 2.75) is 31.7 Å². The highest BCUT2D eigenvalue weighted by Gasteiger charge is 2.13. The van der Waals surface area contributed by atoms with E-state index in [0.717, 1.165) is 16.8 Å². The van der Waals surface area contributed by atoms with Gasteiger partial charge in [-0.25, -0.2) is 4.98 Å². The molecule has 0 unspecified atom stereocenters. The molecule has 0 radical (unpaired) electrons. The zero-order valence-corrected chi connectivity index (χ0v) is 16.1. The average molecular weight is 378 g/mol. The van der Waals surface area contributed by atoms with E-state index in [2.05, 4.69) is 33.5 Å². The van der Waals surface area contributed by atoms with Crippen molar-refractivity contribution in [3.63, 3.8) is 0 Å². The van der Waals surface area contributed by atoms with E-state index < -0.39 is 0 Å². The number of thioether (sulfide) groups is 1. The summed E-state index contributed by atoms with van der Waals surface area (Å²) < 4.78 is 3.28. The molecule has 0 aliphatic heterocycles. The summed E-state index contributed by atoms with van der Waals surface area (Å²) >= 11 is 1.45. The van der Waals surface area contributed by atoms with Crippen molar-refractivity contribution in [1.29, 1.82) is 0 Å². The number of benzene rings is 1. The van der Waals surface area contributed by atoms with Gasteiger partial charge in [0, 0.05) is 18.0 Å². The molecule has 0 saturated heterocycles. The number of nitrogens with zero attached hydrogens (tertiary/aromatic N) is 6. The van der Waals surface area contributed by atoms with Crippen LogP contribution in [0.4, 0.5) is 0 Å². The minimum Gasteiger partial charge on any atom is -0.269 e. The molecule has 0 fully saturated rings. The number of rotatable bonds is 4. The molecule has 3 heterocycles. The van der Waals surface area contributed by atoms with Crippen molar-refractivity contribution in [3.8, 4) is 5.69 Å². The summed E-state index contributed by atoms with van der Waals surface area (Å²) in [5, 5.41) is 12.7. The third-order valence-electron chi connectivity index (χ3n) is 4.31. The lowest BCUT2D eigenvalue weighted by Crippen LogP contribution is -2.15.